The van der Waals surface area contributed by atoms with Crippen molar-refractivity contribution in [3.8, 4) is 5.88 Å². The van der Waals surface area contributed by atoms with Gasteiger partial charge in [-0.25, -0.2) is 0 Å². The highest BCUT2D eigenvalue weighted by molar-refractivity contribution is 5.38. The van der Waals surface area contributed by atoms with Crippen LogP contribution in [-0.2, 0) is 7.05 Å². The number of aliphatic hydroxyl groups is 1. The van der Waals surface area contributed by atoms with Gasteiger partial charge in [-0.1, -0.05) is 0 Å². The Balaban J connectivity index is 2.14. The fourth-order valence-corrected chi connectivity index (χ4v) is 2.32. The van der Waals surface area contributed by atoms with E-state index in [0.717, 1.165) is 0 Å². The summed E-state index contributed by atoms with van der Waals surface area (Å²) < 4.78 is 6.99. The van der Waals surface area contributed by atoms with E-state index in [1.54, 1.807) is 14.0 Å². The summed E-state index contributed by atoms with van der Waals surface area (Å²) in [6, 6.07) is 0. The second-order valence-corrected chi connectivity index (χ2v) is 5.29. The highest BCUT2D eigenvalue weighted by Crippen LogP contribution is 2.36. The number of nitro groups is 1. The molecule has 0 saturated carbocycles. The Labute approximate surface area is 110 Å². The molecule has 0 amide bonds. The summed E-state index contributed by atoms with van der Waals surface area (Å²) in [6.45, 7) is 6.03. The number of hydrogen-bond acceptors (Lipinski definition) is 6. The predicted octanol–water partition coefficient (Wildman–Crippen LogP) is 0.508. The van der Waals surface area contributed by atoms with E-state index in [9.17, 15) is 15.2 Å². The second kappa shape index (κ2) is 4.46. The number of nitrogens with zero attached hydrogens (tertiary/aromatic N) is 4. The smallest absolute Gasteiger partial charge is 0.350 e. The van der Waals surface area contributed by atoms with E-state index in [4.69, 9.17) is 4.74 Å². The third kappa shape index (κ3) is 2.28. The molecule has 0 radical (unpaired) electrons. The van der Waals surface area contributed by atoms with Gasteiger partial charge >= 0.3 is 11.6 Å². The average Bonchev–Trinajstić information content (AvgIpc) is 2.64. The maximum Gasteiger partial charge on any atom is 0.350 e. The molecule has 1 aromatic rings. The molecule has 8 nitrogen and oxygen atoms in total. The summed E-state index contributed by atoms with van der Waals surface area (Å²) in [6.07, 6.45) is 0.497. The van der Waals surface area contributed by atoms with Gasteiger partial charge in [-0.05, 0) is 20.8 Å². The van der Waals surface area contributed by atoms with Crippen LogP contribution in [0.4, 0.5) is 5.69 Å². The largest absolute Gasteiger partial charge is 0.465 e. The lowest BCUT2D eigenvalue weighted by Gasteiger charge is -2.55. The number of ether oxygens (including phenoxy) is 1. The number of hydrogen-bond donors (Lipinski definition) is 1. The summed E-state index contributed by atoms with van der Waals surface area (Å²) in [5.41, 5.74) is -0.534. The zero-order valence-electron chi connectivity index (χ0n) is 11.4. The molecule has 2 rings (SSSR count). The van der Waals surface area contributed by atoms with Gasteiger partial charge in [-0.15, -0.1) is 5.10 Å². The van der Waals surface area contributed by atoms with Crippen molar-refractivity contribution in [1.29, 1.82) is 0 Å². The molecule has 1 saturated heterocycles. The first-order valence-corrected chi connectivity index (χ1v) is 6.03. The monoisotopic (exact) mass is 270 g/mol. The van der Waals surface area contributed by atoms with Crippen molar-refractivity contribution in [2.75, 3.05) is 6.54 Å². The summed E-state index contributed by atoms with van der Waals surface area (Å²) in [5.74, 6) is 0.0239. The minimum atomic E-state index is -0.575. The van der Waals surface area contributed by atoms with Crippen molar-refractivity contribution in [3.63, 3.8) is 0 Å². The summed E-state index contributed by atoms with van der Waals surface area (Å²) in [5, 5.41) is 24.4. The van der Waals surface area contributed by atoms with Gasteiger partial charge in [-0.2, -0.15) is 0 Å². The van der Waals surface area contributed by atoms with E-state index in [1.165, 1.54) is 10.9 Å². The lowest BCUT2D eigenvalue weighted by atomic mass is 9.85. The van der Waals surface area contributed by atoms with E-state index in [0.29, 0.717) is 6.54 Å². The maximum absolute atomic E-state index is 10.9. The van der Waals surface area contributed by atoms with Gasteiger partial charge in [0.15, 0.2) is 0 Å². The minimum Gasteiger partial charge on any atom is -0.465 e. The van der Waals surface area contributed by atoms with Crippen LogP contribution in [0.1, 0.15) is 20.8 Å². The van der Waals surface area contributed by atoms with Crippen LogP contribution in [0.5, 0.6) is 5.88 Å². The summed E-state index contributed by atoms with van der Waals surface area (Å²) in [7, 11) is 1.61. The Bertz CT molecular complexity index is 497. The summed E-state index contributed by atoms with van der Waals surface area (Å²) in [4.78, 5) is 12.2. The zero-order chi connectivity index (χ0) is 14.4. The quantitative estimate of drug-likeness (QED) is 0.633. The van der Waals surface area contributed by atoms with E-state index in [1.807, 2.05) is 18.7 Å². The SMILES string of the molecule is CC(O)N1CC(Oc2nn(C)cc2[N+](=O)[O-])C1(C)C. The number of rotatable bonds is 4. The normalized spacial score (nSPS) is 23.7. The van der Waals surface area contributed by atoms with Gasteiger partial charge in [0.2, 0.25) is 0 Å². The van der Waals surface area contributed by atoms with Crippen LogP contribution in [-0.4, -0.2) is 49.1 Å². The van der Waals surface area contributed by atoms with E-state index >= 15 is 0 Å². The highest BCUT2D eigenvalue weighted by Gasteiger charge is 2.50. The Morgan fingerprint density at radius 2 is 2.32 bits per heavy atom. The zero-order valence-corrected chi connectivity index (χ0v) is 11.4. The third-order valence-corrected chi connectivity index (χ3v) is 3.57. The van der Waals surface area contributed by atoms with Crippen molar-refractivity contribution >= 4 is 5.69 Å². The van der Waals surface area contributed by atoms with Gasteiger partial charge in [0.25, 0.3) is 0 Å². The molecule has 1 aromatic heterocycles. The summed E-state index contributed by atoms with van der Waals surface area (Å²) >= 11 is 0. The van der Waals surface area contributed by atoms with E-state index in [2.05, 4.69) is 5.10 Å². The average molecular weight is 270 g/mol. The molecule has 8 heteroatoms. The number of aromatic nitrogens is 2. The van der Waals surface area contributed by atoms with Crippen molar-refractivity contribution < 1.29 is 14.8 Å². The predicted molar refractivity (Wildman–Crippen MR) is 66.7 cm³/mol. The van der Waals surface area contributed by atoms with Crippen LogP contribution in [0, 0.1) is 10.1 Å². The molecule has 19 heavy (non-hydrogen) atoms. The van der Waals surface area contributed by atoms with Crippen LogP contribution < -0.4 is 4.74 Å². The van der Waals surface area contributed by atoms with Gasteiger partial charge in [0, 0.05) is 13.6 Å². The molecule has 1 N–H and O–H groups in total. The first-order chi connectivity index (χ1) is 8.73. The Morgan fingerprint density at radius 1 is 1.68 bits per heavy atom. The van der Waals surface area contributed by atoms with Gasteiger partial charge in [0.05, 0.1) is 10.5 Å². The van der Waals surface area contributed by atoms with Crippen molar-refractivity contribution in [3.05, 3.63) is 16.3 Å². The molecule has 1 aliphatic rings. The molecule has 2 heterocycles. The molecule has 2 unspecified atom stereocenters. The van der Waals surface area contributed by atoms with Crippen LogP contribution in [0.2, 0.25) is 0 Å². The Hall–Kier alpha value is -1.67. The second-order valence-electron chi connectivity index (χ2n) is 5.29. The van der Waals surface area contributed by atoms with Gasteiger partial charge in [-0.3, -0.25) is 19.7 Å². The molecule has 0 bridgehead atoms. The standard InChI is InChI=1S/C11H18N4O4/c1-7(16)14-6-9(11(14,2)3)19-10-8(15(17)18)5-13(4)12-10/h5,7,9,16H,6H2,1-4H3. The van der Waals surface area contributed by atoms with E-state index in [-0.39, 0.29) is 23.2 Å². The molecular weight excluding hydrogens is 252 g/mol. The molecule has 0 aromatic carbocycles. The minimum absolute atomic E-state index is 0.0239. The first kappa shape index (κ1) is 13.8. The number of aliphatic hydroxyl groups excluding tert-OH is 1. The van der Waals surface area contributed by atoms with E-state index < -0.39 is 11.2 Å². The molecule has 0 aliphatic carbocycles. The molecule has 1 aliphatic heterocycles. The third-order valence-electron chi connectivity index (χ3n) is 3.57. The maximum atomic E-state index is 10.9. The van der Waals surface area contributed by atoms with Crippen LogP contribution in [0.25, 0.3) is 0 Å². The first-order valence-electron chi connectivity index (χ1n) is 6.03. The lowest BCUT2D eigenvalue weighted by molar-refractivity contribution is -0.386. The van der Waals surface area contributed by atoms with Gasteiger partial charge in [0.1, 0.15) is 18.5 Å². The molecule has 0 spiro atoms. The molecule has 106 valence electrons. The molecule has 1 fully saturated rings. The molecular formula is C11H18N4O4. The topological polar surface area (TPSA) is 93.7 Å². The Morgan fingerprint density at radius 3 is 2.79 bits per heavy atom. The van der Waals surface area contributed by atoms with Crippen molar-refractivity contribution in [1.82, 2.24) is 14.7 Å². The fourth-order valence-electron chi connectivity index (χ4n) is 2.32. The van der Waals surface area contributed by atoms with Gasteiger partial charge < -0.3 is 9.84 Å². The molecule has 2 atom stereocenters. The van der Waals surface area contributed by atoms with Crippen molar-refractivity contribution in [2.45, 2.75) is 38.6 Å². The number of likely N-dealkylation sites (tertiary alicyclic amines) is 1. The van der Waals surface area contributed by atoms with Crippen molar-refractivity contribution in [2.24, 2.45) is 7.05 Å². The number of aryl methyl sites for hydroxylation is 1. The van der Waals surface area contributed by atoms with Crippen LogP contribution in [0.3, 0.4) is 0 Å². The van der Waals surface area contributed by atoms with Crippen LogP contribution >= 0.6 is 0 Å². The lowest BCUT2D eigenvalue weighted by Crippen LogP contribution is -2.71. The van der Waals surface area contributed by atoms with Crippen LogP contribution in [0.15, 0.2) is 6.20 Å². The highest BCUT2D eigenvalue weighted by atomic mass is 16.6. The fraction of sp³-hybridized carbons (Fsp3) is 0.727. The Kier molecular flexibility index (Phi) is 3.23.